The first kappa shape index (κ1) is 15.8. The number of hydrogen-bond acceptors (Lipinski definition) is 4. The lowest BCUT2D eigenvalue weighted by Gasteiger charge is -2.38. The van der Waals surface area contributed by atoms with Gasteiger partial charge in [0.1, 0.15) is 0 Å². The molecule has 19 heavy (non-hydrogen) atoms. The van der Waals surface area contributed by atoms with Crippen molar-refractivity contribution in [2.75, 3.05) is 26.8 Å². The van der Waals surface area contributed by atoms with E-state index in [2.05, 4.69) is 10.1 Å². The lowest BCUT2D eigenvalue weighted by molar-refractivity contribution is -0.133. The highest BCUT2D eigenvalue weighted by Gasteiger charge is 2.30. The quantitative estimate of drug-likeness (QED) is 0.774. The summed E-state index contributed by atoms with van der Waals surface area (Å²) in [5, 5.41) is 11.7. The van der Waals surface area contributed by atoms with Gasteiger partial charge in [-0.1, -0.05) is 6.92 Å². The van der Waals surface area contributed by atoms with E-state index in [1.807, 2.05) is 6.92 Å². The Morgan fingerprint density at radius 3 is 2.74 bits per heavy atom. The molecule has 0 aromatic rings. The minimum absolute atomic E-state index is 0.0691. The summed E-state index contributed by atoms with van der Waals surface area (Å²) in [6.45, 7) is 3.25. The van der Waals surface area contributed by atoms with Crippen molar-refractivity contribution in [1.82, 2.24) is 10.2 Å². The summed E-state index contributed by atoms with van der Waals surface area (Å²) in [5.41, 5.74) is 0. The minimum atomic E-state index is -0.461. The van der Waals surface area contributed by atoms with Crippen molar-refractivity contribution in [3.8, 4) is 0 Å². The van der Waals surface area contributed by atoms with Crippen molar-refractivity contribution in [2.24, 2.45) is 5.92 Å². The fourth-order valence-electron chi connectivity index (χ4n) is 2.55. The zero-order valence-corrected chi connectivity index (χ0v) is 11.7. The second kappa shape index (κ2) is 7.99. The van der Waals surface area contributed by atoms with Crippen LogP contribution in [0, 0.1) is 5.92 Å². The number of aliphatic hydroxyl groups excluding tert-OH is 1. The van der Waals surface area contributed by atoms with Crippen molar-refractivity contribution in [2.45, 2.75) is 38.6 Å². The van der Waals surface area contributed by atoms with Gasteiger partial charge in [0.15, 0.2) is 0 Å². The van der Waals surface area contributed by atoms with Crippen LogP contribution < -0.4 is 5.32 Å². The summed E-state index contributed by atoms with van der Waals surface area (Å²) >= 11 is 0. The van der Waals surface area contributed by atoms with Gasteiger partial charge in [-0.3, -0.25) is 4.79 Å². The van der Waals surface area contributed by atoms with Gasteiger partial charge in [0.25, 0.3) is 0 Å². The standard InChI is InChI=1S/C13H24N2O4/c1-3-12(17)15-8-10(5-4-6-16)7-11(9-15)14-13(18)19-2/h10-11,16H,3-9H2,1-2H3,(H,14,18). The molecule has 2 atom stereocenters. The molecule has 1 aliphatic heterocycles. The van der Waals surface area contributed by atoms with Crippen LogP contribution in [0.5, 0.6) is 0 Å². The molecule has 6 nitrogen and oxygen atoms in total. The maximum absolute atomic E-state index is 11.8. The molecule has 1 heterocycles. The van der Waals surface area contributed by atoms with Crippen molar-refractivity contribution in [3.05, 3.63) is 0 Å². The molecular formula is C13H24N2O4. The molecule has 1 aliphatic rings. The van der Waals surface area contributed by atoms with Gasteiger partial charge >= 0.3 is 6.09 Å². The number of likely N-dealkylation sites (tertiary alicyclic amines) is 1. The van der Waals surface area contributed by atoms with Gasteiger partial charge in [-0.25, -0.2) is 4.79 Å². The SMILES string of the molecule is CCC(=O)N1CC(CCCO)CC(NC(=O)OC)C1. The molecule has 1 rings (SSSR count). The van der Waals surface area contributed by atoms with E-state index in [0.717, 1.165) is 19.3 Å². The first-order valence-corrected chi connectivity index (χ1v) is 6.83. The number of amides is 2. The fraction of sp³-hybridized carbons (Fsp3) is 0.846. The smallest absolute Gasteiger partial charge is 0.407 e. The van der Waals surface area contributed by atoms with E-state index >= 15 is 0 Å². The predicted molar refractivity (Wildman–Crippen MR) is 70.6 cm³/mol. The summed E-state index contributed by atoms with van der Waals surface area (Å²) < 4.78 is 4.60. The van der Waals surface area contributed by atoms with Crippen LogP contribution in [-0.4, -0.2) is 54.9 Å². The van der Waals surface area contributed by atoms with E-state index < -0.39 is 6.09 Å². The van der Waals surface area contributed by atoms with Gasteiger partial charge in [0.2, 0.25) is 5.91 Å². The monoisotopic (exact) mass is 272 g/mol. The molecule has 2 N–H and O–H groups in total. The number of nitrogens with one attached hydrogen (secondary N) is 1. The summed E-state index contributed by atoms with van der Waals surface area (Å²) in [6, 6.07) is -0.0691. The van der Waals surface area contributed by atoms with Gasteiger partial charge in [-0.2, -0.15) is 0 Å². The highest BCUT2D eigenvalue weighted by Crippen LogP contribution is 2.22. The zero-order chi connectivity index (χ0) is 14.3. The predicted octanol–water partition coefficient (Wildman–Crippen LogP) is 0.742. The molecule has 2 amide bonds. The number of ether oxygens (including phenoxy) is 1. The molecule has 0 aromatic carbocycles. The fourth-order valence-corrected chi connectivity index (χ4v) is 2.55. The summed E-state index contributed by atoms with van der Waals surface area (Å²) in [5.74, 6) is 0.420. The molecule has 1 saturated heterocycles. The molecular weight excluding hydrogens is 248 g/mol. The largest absolute Gasteiger partial charge is 0.453 e. The molecule has 0 radical (unpaired) electrons. The number of alkyl carbamates (subject to hydrolysis) is 1. The first-order valence-electron chi connectivity index (χ1n) is 6.83. The molecule has 6 heteroatoms. The molecule has 0 spiro atoms. The van der Waals surface area contributed by atoms with Crippen LogP contribution >= 0.6 is 0 Å². The number of rotatable bonds is 5. The Hall–Kier alpha value is -1.30. The van der Waals surface area contributed by atoms with Gasteiger partial charge in [0.05, 0.1) is 13.2 Å². The van der Waals surface area contributed by atoms with Crippen molar-refractivity contribution >= 4 is 12.0 Å². The second-order valence-corrected chi connectivity index (χ2v) is 4.95. The van der Waals surface area contributed by atoms with Crippen LogP contribution in [0.15, 0.2) is 0 Å². The highest BCUT2D eigenvalue weighted by atomic mass is 16.5. The second-order valence-electron chi connectivity index (χ2n) is 4.95. The number of carbonyl (C=O) groups excluding carboxylic acids is 2. The van der Waals surface area contributed by atoms with Crippen LogP contribution in [0.4, 0.5) is 4.79 Å². The average molecular weight is 272 g/mol. The highest BCUT2D eigenvalue weighted by molar-refractivity contribution is 5.76. The third-order valence-electron chi connectivity index (χ3n) is 3.47. The minimum Gasteiger partial charge on any atom is -0.453 e. The van der Waals surface area contributed by atoms with Crippen molar-refractivity contribution < 1.29 is 19.4 Å². The zero-order valence-electron chi connectivity index (χ0n) is 11.7. The number of methoxy groups -OCH3 is 1. The van der Waals surface area contributed by atoms with E-state index in [9.17, 15) is 9.59 Å². The molecule has 1 fully saturated rings. The van der Waals surface area contributed by atoms with Gasteiger partial charge in [-0.15, -0.1) is 0 Å². The van der Waals surface area contributed by atoms with Crippen LogP contribution in [0.25, 0.3) is 0 Å². The van der Waals surface area contributed by atoms with Gasteiger partial charge in [0, 0.05) is 26.1 Å². The average Bonchev–Trinajstić information content (AvgIpc) is 2.43. The van der Waals surface area contributed by atoms with E-state index in [0.29, 0.717) is 25.4 Å². The lowest BCUT2D eigenvalue weighted by atomic mass is 9.90. The number of hydrogen-bond donors (Lipinski definition) is 2. The third kappa shape index (κ3) is 5.06. The van der Waals surface area contributed by atoms with E-state index in [1.165, 1.54) is 7.11 Å². The summed E-state index contributed by atoms with van der Waals surface area (Å²) in [4.78, 5) is 24.9. The summed E-state index contributed by atoms with van der Waals surface area (Å²) in [6.07, 6.45) is 2.42. The van der Waals surface area contributed by atoms with Crippen molar-refractivity contribution in [3.63, 3.8) is 0 Å². The number of nitrogens with zero attached hydrogens (tertiary/aromatic N) is 1. The molecule has 0 aromatic heterocycles. The van der Waals surface area contributed by atoms with E-state index in [1.54, 1.807) is 4.90 Å². The first-order chi connectivity index (χ1) is 9.10. The maximum atomic E-state index is 11.8. The third-order valence-corrected chi connectivity index (χ3v) is 3.47. The Labute approximate surface area is 114 Å². The normalized spacial score (nSPS) is 23.0. The Morgan fingerprint density at radius 2 is 2.16 bits per heavy atom. The van der Waals surface area contributed by atoms with E-state index in [-0.39, 0.29) is 18.6 Å². The van der Waals surface area contributed by atoms with Gasteiger partial charge < -0.3 is 20.1 Å². The molecule has 0 aliphatic carbocycles. The molecule has 110 valence electrons. The maximum Gasteiger partial charge on any atom is 0.407 e. The Bertz CT molecular complexity index is 309. The number of piperidine rings is 1. The number of aliphatic hydroxyl groups is 1. The van der Waals surface area contributed by atoms with Crippen LogP contribution in [0.3, 0.4) is 0 Å². The van der Waals surface area contributed by atoms with Gasteiger partial charge in [-0.05, 0) is 25.2 Å². The lowest BCUT2D eigenvalue weighted by Crippen LogP contribution is -2.52. The molecule has 2 unspecified atom stereocenters. The topological polar surface area (TPSA) is 78.9 Å². The van der Waals surface area contributed by atoms with Crippen molar-refractivity contribution in [1.29, 1.82) is 0 Å². The Balaban J connectivity index is 2.60. The molecule has 0 bridgehead atoms. The summed E-state index contributed by atoms with van der Waals surface area (Å²) in [7, 11) is 1.33. The van der Waals surface area contributed by atoms with Crippen LogP contribution in [-0.2, 0) is 9.53 Å². The van der Waals surface area contributed by atoms with Crippen LogP contribution in [0.1, 0.15) is 32.6 Å². The Morgan fingerprint density at radius 1 is 1.42 bits per heavy atom. The van der Waals surface area contributed by atoms with E-state index in [4.69, 9.17) is 5.11 Å². The Kier molecular flexibility index (Phi) is 6.62. The number of carbonyl (C=O) groups is 2. The van der Waals surface area contributed by atoms with Crippen LogP contribution in [0.2, 0.25) is 0 Å². The molecule has 0 saturated carbocycles.